The Kier molecular flexibility index (Phi) is 3.68. The van der Waals surface area contributed by atoms with Crippen molar-refractivity contribution in [2.24, 2.45) is 0 Å². The maximum Gasteiger partial charge on any atom is 0.315 e. The monoisotopic (exact) mass is 326 g/mol. The average molecular weight is 326 g/mol. The molecule has 1 saturated heterocycles. The molecule has 2 N–H and O–H groups in total. The highest BCUT2D eigenvalue weighted by Gasteiger charge is 2.33. The van der Waals surface area contributed by atoms with E-state index in [9.17, 15) is 9.59 Å². The summed E-state index contributed by atoms with van der Waals surface area (Å²) in [5, 5.41) is 5.24. The number of nitrogens with one attached hydrogen (secondary N) is 2. The molecule has 0 bridgehead atoms. The van der Waals surface area contributed by atoms with Gasteiger partial charge >= 0.3 is 6.03 Å². The first kappa shape index (κ1) is 14.7. The van der Waals surface area contributed by atoms with Gasteiger partial charge in [0.25, 0.3) is 0 Å². The Balaban J connectivity index is 1.45. The lowest BCUT2D eigenvalue weighted by Gasteiger charge is -2.27. The second kappa shape index (κ2) is 5.99. The van der Waals surface area contributed by atoms with Crippen molar-refractivity contribution >= 4 is 11.9 Å². The Bertz CT molecular complexity index is 771. The van der Waals surface area contributed by atoms with Crippen LogP contribution in [0, 0.1) is 0 Å². The molecular formula is C17H18N4O3. The van der Waals surface area contributed by atoms with E-state index < -0.39 is 6.04 Å². The summed E-state index contributed by atoms with van der Waals surface area (Å²) in [5.74, 6) is 1.46. The molecule has 24 heavy (non-hydrogen) atoms. The van der Waals surface area contributed by atoms with Crippen molar-refractivity contribution in [2.75, 3.05) is 13.1 Å². The minimum absolute atomic E-state index is 0.0772. The molecule has 1 aromatic carbocycles. The van der Waals surface area contributed by atoms with Crippen LogP contribution in [-0.2, 0) is 24.2 Å². The van der Waals surface area contributed by atoms with E-state index in [0.29, 0.717) is 38.4 Å². The first-order valence-electron chi connectivity index (χ1n) is 8.03. The third kappa shape index (κ3) is 2.84. The summed E-state index contributed by atoms with van der Waals surface area (Å²) >= 11 is 0. The molecule has 1 aromatic heterocycles. The Morgan fingerprint density at radius 1 is 1.33 bits per heavy atom. The van der Waals surface area contributed by atoms with E-state index >= 15 is 0 Å². The Morgan fingerprint density at radius 3 is 2.92 bits per heavy atom. The number of oxazole rings is 1. The van der Waals surface area contributed by atoms with Crippen LogP contribution >= 0.6 is 0 Å². The summed E-state index contributed by atoms with van der Waals surface area (Å²) in [6.07, 6.45) is 1.29. The summed E-state index contributed by atoms with van der Waals surface area (Å²) < 4.78 is 5.85. The molecule has 0 spiro atoms. The highest BCUT2D eigenvalue weighted by Crippen LogP contribution is 2.22. The van der Waals surface area contributed by atoms with E-state index in [1.807, 2.05) is 30.3 Å². The number of carbonyl (C=O) groups excluding carboxylic acids is 2. The molecule has 1 unspecified atom stereocenters. The standard InChI is InChI=1S/C17H18N4O3/c22-16(12-9-18-17(23)20-12)21-7-6-14-13(10-21)19-15(24-14)8-11-4-2-1-3-5-11/h1-5,12H,6-10H2,(H2,18,20,23). The number of amides is 3. The number of aromatic nitrogens is 1. The Labute approximate surface area is 139 Å². The lowest BCUT2D eigenvalue weighted by atomic mass is 10.1. The van der Waals surface area contributed by atoms with Gasteiger partial charge in [0.05, 0.1) is 6.54 Å². The molecule has 1 fully saturated rings. The minimum atomic E-state index is -0.491. The van der Waals surface area contributed by atoms with Gasteiger partial charge in [-0.05, 0) is 5.56 Å². The van der Waals surface area contributed by atoms with E-state index in [4.69, 9.17) is 4.42 Å². The summed E-state index contributed by atoms with van der Waals surface area (Å²) in [6, 6.07) is 9.24. The fourth-order valence-electron chi connectivity index (χ4n) is 3.11. The molecule has 0 saturated carbocycles. The molecule has 3 amide bonds. The third-order valence-electron chi connectivity index (χ3n) is 4.35. The molecule has 0 radical (unpaired) electrons. The molecule has 0 aliphatic carbocycles. The van der Waals surface area contributed by atoms with E-state index in [-0.39, 0.29) is 11.9 Å². The molecule has 7 heteroatoms. The maximum atomic E-state index is 12.5. The van der Waals surface area contributed by atoms with Crippen molar-refractivity contribution in [3.8, 4) is 0 Å². The van der Waals surface area contributed by atoms with Gasteiger partial charge in [-0.15, -0.1) is 0 Å². The number of hydrogen-bond acceptors (Lipinski definition) is 4. The topological polar surface area (TPSA) is 87.5 Å². The summed E-state index contributed by atoms with van der Waals surface area (Å²) in [7, 11) is 0. The van der Waals surface area contributed by atoms with Gasteiger partial charge in [0.1, 0.15) is 17.5 Å². The van der Waals surface area contributed by atoms with Crippen LogP contribution in [0.5, 0.6) is 0 Å². The molecule has 7 nitrogen and oxygen atoms in total. The van der Waals surface area contributed by atoms with Gasteiger partial charge in [-0.2, -0.15) is 0 Å². The number of urea groups is 1. The molecular weight excluding hydrogens is 308 g/mol. The lowest BCUT2D eigenvalue weighted by molar-refractivity contribution is -0.133. The second-order valence-corrected chi connectivity index (χ2v) is 6.06. The number of rotatable bonds is 3. The number of hydrogen-bond donors (Lipinski definition) is 2. The fraction of sp³-hybridized carbons (Fsp3) is 0.353. The van der Waals surface area contributed by atoms with Gasteiger partial charge in [-0.25, -0.2) is 9.78 Å². The van der Waals surface area contributed by atoms with E-state index in [0.717, 1.165) is 17.0 Å². The molecule has 2 aromatic rings. The molecule has 2 aliphatic rings. The highest BCUT2D eigenvalue weighted by molar-refractivity contribution is 5.90. The van der Waals surface area contributed by atoms with Crippen LogP contribution in [0.25, 0.3) is 0 Å². The molecule has 2 aliphatic heterocycles. The summed E-state index contributed by atoms with van der Waals surface area (Å²) in [6.45, 7) is 1.34. The number of fused-ring (bicyclic) bond motifs is 1. The van der Waals surface area contributed by atoms with E-state index in [1.165, 1.54) is 0 Å². The van der Waals surface area contributed by atoms with Gasteiger partial charge in [-0.3, -0.25) is 4.79 Å². The van der Waals surface area contributed by atoms with Gasteiger partial charge < -0.3 is 20.0 Å². The zero-order valence-corrected chi connectivity index (χ0v) is 13.1. The van der Waals surface area contributed by atoms with Crippen LogP contribution in [0.4, 0.5) is 4.79 Å². The van der Waals surface area contributed by atoms with Crippen molar-refractivity contribution in [3.05, 3.63) is 53.2 Å². The zero-order valence-electron chi connectivity index (χ0n) is 13.1. The molecule has 4 rings (SSSR count). The van der Waals surface area contributed by atoms with Crippen molar-refractivity contribution in [1.82, 2.24) is 20.5 Å². The van der Waals surface area contributed by atoms with Crippen LogP contribution in [0.2, 0.25) is 0 Å². The Morgan fingerprint density at radius 2 is 2.17 bits per heavy atom. The van der Waals surface area contributed by atoms with Crippen molar-refractivity contribution < 1.29 is 14.0 Å². The number of benzene rings is 1. The summed E-state index contributed by atoms with van der Waals surface area (Å²) in [5.41, 5.74) is 1.96. The van der Waals surface area contributed by atoms with Gasteiger partial charge in [0.2, 0.25) is 5.91 Å². The number of nitrogens with zero attached hydrogens (tertiary/aromatic N) is 2. The SMILES string of the molecule is O=C1NCC(C(=O)N2CCc3oc(Cc4ccccc4)nc3C2)N1. The van der Waals surface area contributed by atoms with Crippen LogP contribution in [0.3, 0.4) is 0 Å². The lowest BCUT2D eigenvalue weighted by Crippen LogP contribution is -2.47. The van der Waals surface area contributed by atoms with Crippen molar-refractivity contribution in [2.45, 2.75) is 25.4 Å². The predicted molar refractivity (Wildman–Crippen MR) is 85.2 cm³/mol. The predicted octanol–water partition coefficient (Wildman–Crippen LogP) is 0.831. The van der Waals surface area contributed by atoms with Gasteiger partial charge in [0, 0.05) is 25.9 Å². The first-order valence-corrected chi connectivity index (χ1v) is 8.03. The maximum absolute atomic E-state index is 12.5. The van der Waals surface area contributed by atoms with E-state index in [2.05, 4.69) is 15.6 Å². The molecule has 1 atom stereocenters. The van der Waals surface area contributed by atoms with E-state index in [1.54, 1.807) is 4.90 Å². The number of carbonyl (C=O) groups is 2. The van der Waals surface area contributed by atoms with Crippen molar-refractivity contribution in [1.29, 1.82) is 0 Å². The zero-order chi connectivity index (χ0) is 16.5. The van der Waals surface area contributed by atoms with Gasteiger partial charge in [0.15, 0.2) is 5.89 Å². The smallest absolute Gasteiger partial charge is 0.315 e. The quantitative estimate of drug-likeness (QED) is 0.875. The van der Waals surface area contributed by atoms with Crippen molar-refractivity contribution in [3.63, 3.8) is 0 Å². The van der Waals surface area contributed by atoms with Crippen LogP contribution in [0.15, 0.2) is 34.7 Å². The van der Waals surface area contributed by atoms with Gasteiger partial charge in [-0.1, -0.05) is 30.3 Å². The fourth-order valence-corrected chi connectivity index (χ4v) is 3.11. The van der Waals surface area contributed by atoms with Crippen LogP contribution < -0.4 is 10.6 Å². The van der Waals surface area contributed by atoms with Crippen LogP contribution in [0.1, 0.15) is 22.9 Å². The third-order valence-corrected chi connectivity index (χ3v) is 4.35. The first-order chi connectivity index (χ1) is 11.7. The molecule has 124 valence electrons. The summed E-state index contributed by atoms with van der Waals surface area (Å²) in [4.78, 5) is 30.0. The normalized spacial score (nSPS) is 19.6. The largest absolute Gasteiger partial charge is 0.445 e. The molecule has 3 heterocycles. The second-order valence-electron chi connectivity index (χ2n) is 6.06. The highest BCUT2D eigenvalue weighted by atomic mass is 16.4. The minimum Gasteiger partial charge on any atom is -0.445 e. The van der Waals surface area contributed by atoms with Crippen LogP contribution in [-0.4, -0.2) is 41.0 Å². The Hall–Kier alpha value is -2.83. The average Bonchev–Trinajstić information content (AvgIpc) is 3.20.